The first kappa shape index (κ1) is 26.9. The van der Waals surface area contributed by atoms with Gasteiger partial charge in [-0.3, -0.25) is 9.78 Å². The van der Waals surface area contributed by atoms with E-state index in [1.54, 1.807) is 29.2 Å². The maximum Gasteiger partial charge on any atom is 0.259 e. The number of amides is 1. The first-order valence-electron chi connectivity index (χ1n) is 12.9. The van der Waals surface area contributed by atoms with Gasteiger partial charge in [-0.2, -0.15) is 5.10 Å². The number of anilines is 1. The third kappa shape index (κ3) is 6.31. The van der Waals surface area contributed by atoms with E-state index in [1.165, 1.54) is 19.2 Å². The molecule has 5 rings (SSSR count). The van der Waals surface area contributed by atoms with Crippen molar-refractivity contribution in [3.05, 3.63) is 126 Å². The summed E-state index contributed by atoms with van der Waals surface area (Å²) in [6.07, 6.45) is 2.52. The molecular formula is C32H29FN4O3. The van der Waals surface area contributed by atoms with E-state index in [0.29, 0.717) is 42.4 Å². The van der Waals surface area contributed by atoms with Gasteiger partial charge in [-0.25, -0.2) is 9.07 Å². The summed E-state index contributed by atoms with van der Waals surface area (Å²) in [4.78, 5) is 17.8. The molecule has 1 amide bonds. The van der Waals surface area contributed by atoms with Gasteiger partial charge in [0.25, 0.3) is 5.91 Å². The molecule has 0 radical (unpaired) electrons. The second-order valence-corrected chi connectivity index (χ2v) is 9.09. The molecule has 0 saturated heterocycles. The molecule has 1 unspecified atom stereocenters. The van der Waals surface area contributed by atoms with Crippen LogP contribution >= 0.6 is 0 Å². The van der Waals surface area contributed by atoms with Crippen LogP contribution in [0.4, 0.5) is 10.2 Å². The van der Waals surface area contributed by atoms with Gasteiger partial charge in [-0.05, 0) is 53.1 Å². The Balaban J connectivity index is 1.53. The summed E-state index contributed by atoms with van der Waals surface area (Å²) in [6.45, 7) is 1.17. The first-order valence-corrected chi connectivity index (χ1v) is 12.9. The maximum atomic E-state index is 13.8. The van der Waals surface area contributed by atoms with Gasteiger partial charge in [0.1, 0.15) is 17.3 Å². The second kappa shape index (κ2) is 12.9. The fraction of sp³-hybridized carbons (Fsp3) is 0.156. The van der Waals surface area contributed by atoms with Crippen molar-refractivity contribution in [3.63, 3.8) is 0 Å². The molecule has 0 bridgehead atoms. The highest BCUT2D eigenvalue weighted by Crippen LogP contribution is 2.38. The van der Waals surface area contributed by atoms with E-state index < -0.39 is 6.10 Å². The van der Waals surface area contributed by atoms with Crippen LogP contribution in [-0.4, -0.2) is 34.4 Å². The molecule has 40 heavy (non-hydrogen) atoms. The number of rotatable bonds is 11. The Morgan fingerprint density at radius 3 is 2.25 bits per heavy atom. The number of pyridine rings is 1. The summed E-state index contributed by atoms with van der Waals surface area (Å²) in [6, 6.07) is 29.0. The zero-order valence-electron chi connectivity index (χ0n) is 22.0. The Labute approximate surface area is 232 Å². The summed E-state index contributed by atoms with van der Waals surface area (Å²) in [7, 11) is 1.50. The number of hydrogen-bond donors (Lipinski definition) is 1. The smallest absolute Gasteiger partial charge is 0.259 e. The Morgan fingerprint density at radius 1 is 0.900 bits per heavy atom. The summed E-state index contributed by atoms with van der Waals surface area (Å²) in [5.41, 5.74) is 4.58. The third-order valence-corrected chi connectivity index (χ3v) is 6.42. The Morgan fingerprint density at radius 2 is 1.57 bits per heavy atom. The van der Waals surface area contributed by atoms with E-state index >= 15 is 0 Å². The van der Waals surface area contributed by atoms with E-state index in [0.717, 1.165) is 16.7 Å². The largest absolute Gasteiger partial charge is 0.375 e. The van der Waals surface area contributed by atoms with Crippen molar-refractivity contribution in [1.29, 1.82) is 0 Å². The number of halogens is 1. The molecule has 8 heteroatoms. The SMILES string of the molecule is COC(C(=O)Nc1c(-c2ccncc2)c(-c2ccc(F)cc2)nn1CCOCc1ccccc1)c1ccccc1. The molecule has 0 aliphatic carbocycles. The van der Waals surface area contributed by atoms with Crippen LogP contribution in [0.15, 0.2) is 109 Å². The normalized spacial score (nSPS) is 11.8. The van der Waals surface area contributed by atoms with Crippen LogP contribution in [0.25, 0.3) is 22.4 Å². The van der Waals surface area contributed by atoms with E-state index in [4.69, 9.17) is 14.6 Å². The molecule has 0 spiro atoms. The number of carbonyl (C=O) groups excluding carboxylic acids is 1. The van der Waals surface area contributed by atoms with Gasteiger partial charge < -0.3 is 14.8 Å². The van der Waals surface area contributed by atoms with E-state index in [2.05, 4.69) is 10.3 Å². The minimum atomic E-state index is -0.835. The van der Waals surface area contributed by atoms with Gasteiger partial charge in [0, 0.05) is 25.1 Å². The molecule has 7 nitrogen and oxygen atoms in total. The standard InChI is InChI=1S/C32H29FN4O3/c1-39-30(26-10-6-3-7-11-26)32(38)35-31-28(24-16-18-34-19-17-24)29(25-12-14-27(33)15-13-25)36-37(31)20-21-40-22-23-8-4-2-5-9-23/h2-19,30H,20-22H2,1H3,(H,35,38). The number of hydrogen-bond acceptors (Lipinski definition) is 5. The number of nitrogens with zero attached hydrogens (tertiary/aromatic N) is 3. The minimum absolute atomic E-state index is 0.345. The van der Waals surface area contributed by atoms with Gasteiger partial charge in [-0.15, -0.1) is 0 Å². The van der Waals surface area contributed by atoms with Crippen LogP contribution in [0.3, 0.4) is 0 Å². The highest BCUT2D eigenvalue weighted by molar-refractivity contribution is 6.00. The van der Waals surface area contributed by atoms with Crippen LogP contribution in [0.2, 0.25) is 0 Å². The van der Waals surface area contributed by atoms with E-state index in [1.807, 2.05) is 72.8 Å². The number of methoxy groups -OCH3 is 1. The Kier molecular flexibility index (Phi) is 8.70. The molecule has 0 aliphatic heterocycles. The van der Waals surface area contributed by atoms with Crippen molar-refractivity contribution in [2.45, 2.75) is 19.3 Å². The van der Waals surface area contributed by atoms with Crippen LogP contribution < -0.4 is 5.32 Å². The molecule has 2 aromatic heterocycles. The van der Waals surface area contributed by atoms with Crippen LogP contribution in [0.1, 0.15) is 17.2 Å². The lowest BCUT2D eigenvalue weighted by atomic mass is 10.0. The van der Waals surface area contributed by atoms with Crippen molar-refractivity contribution in [2.75, 3.05) is 19.0 Å². The van der Waals surface area contributed by atoms with Gasteiger partial charge >= 0.3 is 0 Å². The summed E-state index contributed by atoms with van der Waals surface area (Å²) >= 11 is 0. The molecule has 0 fully saturated rings. The molecular weight excluding hydrogens is 507 g/mol. The Bertz CT molecular complexity index is 1530. The van der Waals surface area contributed by atoms with Gasteiger partial charge in [-0.1, -0.05) is 60.7 Å². The first-order chi connectivity index (χ1) is 19.6. The highest BCUT2D eigenvalue weighted by Gasteiger charge is 2.26. The predicted molar refractivity (Wildman–Crippen MR) is 152 cm³/mol. The molecule has 0 saturated carbocycles. The highest BCUT2D eigenvalue weighted by atomic mass is 19.1. The van der Waals surface area contributed by atoms with Gasteiger partial charge in [0.05, 0.1) is 25.3 Å². The number of nitrogens with one attached hydrogen (secondary N) is 1. The lowest BCUT2D eigenvalue weighted by Gasteiger charge is -2.17. The van der Waals surface area contributed by atoms with E-state index in [9.17, 15) is 9.18 Å². The molecule has 1 atom stereocenters. The van der Waals surface area contributed by atoms with Crippen LogP contribution in [-0.2, 0) is 27.4 Å². The number of ether oxygens (including phenoxy) is 2. The second-order valence-electron chi connectivity index (χ2n) is 9.09. The van der Waals surface area contributed by atoms with Gasteiger partial charge in [0.2, 0.25) is 0 Å². The lowest BCUT2D eigenvalue weighted by molar-refractivity contribution is -0.126. The topological polar surface area (TPSA) is 78.3 Å². The Hall–Kier alpha value is -4.66. The fourth-order valence-electron chi connectivity index (χ4n) is 4.47. The van der Waals surface area contributed by atoms with Crippen LogP contribution in [0.5, 0.6) is 0 Å². The zero-order valence-corrected chi connectivity index (χ0v) is 22.0. The molecule has 1 N–H and O–H groups in total. The summed E-state index contributed by atoms with van der Waals surface area (Å²) in [5.74, 6) is -0.208. The minimum Gasteiger partial charge on any atom is -0.375 e. The molecule has 5 aromatic rings. The van der Waals surface area contributed by atoms with Gasteiger partial charge in [0.15, 0.2) is 6.10 Å². The molecule has 2 heterocycles. The average molecular weight is 537 g/mol. The van der Waals surface area contributed by atoms with Crippen LogP contribution in [0, 0.1) is 5.82 Å². The quantitative estimate of drug-likeness (QED) is 0.201. The zero-order chi connectivity index (χ0) is 27.7. The lowest BCUT2D eigenvalue weighted by Crippen LogP contribution is -2.25. The monoisotopic (exact) mass is 536 g/mol. The summed E-state index contributed by atoms with van der Waals surface area (Å²) < 4.78 is 27.0. The third-order valence-electron chi connectivity index (χ3n) is 6.42. The predicted octanol–water partition coefficient (Wildman–Crippen LogP) is 6.29. The molecule has 202 valence electrons. The fourth-order valence-corrected chi connectivity index (χ4v) is 4.47. The number of aromatic nitrogens is 3. The number of benzene rings is 3. The summed E-state index contributed by atoms with van der Waals surface area (Å²) in [5, 5.41) is 7.95. The van der Waals surface area contributed by atoms with Crippen molar-refractivity contribution in [1.82, 2.24) is 14.8 Å². The van der Waals surface area contributed by atoms with Crippen molar-refractivity contribution >= 4 is 11.7 Å². The maximum absolute atomic E-state index is 13.8. The van der Waals surface area contributed by atoms with Crippen molar-refractivity contribution < 1.29 is 18.7 Å². The average Bonchev–Trinajstić information content (AvgIpc) is 3.35. The molecule has 0 aliphatic rings. The number of carbonyl (C=O) groups is 1. The van der Waals surface area contributed by atoms with Crippen molar-refractivity contribution in [3.8, 4) is 22.4 Å². The van der Waals surface area contributed by atoms with Crippen molar-refractivity contribution in [2.24, 2.45) is 0 Å². The van der Waals surface area contributed by atoms with E-state index in [-0.39, 0.29) is 11.7 Å². The molecule has 3 aromatic carbocycles.